The van der Waals surface area contributed by atoms with Crippen LogP contribution in [0.4, 0.5) is 0 Å². The van der Waals surface area contributed by atoms with Gasteiger partial charge in [0.1, 0.15) is 0 Å². The minimum atomic E-state index is 0.531. The van der Waals surface area contributed by atoms with Crippen molar-refractivity contribution in [3.8, 4) is 0 Å². The molecule has 0 aliphatic heterocycles. The standard InChI is InChI=1S/C16H18N4S/c1-13(15-9-5-6-11-17-15)19-20-16(21)18-12-10-14-7-3-2-4-8-14/h2-9,11,19H,1,10,12H2,(H2,18,20,21). The molecule has 108 valence electrons. The van der Waals surface area contributed by atoms with E-state index in [4.69, 9.17) is 12.2 Å². The Morgan fingerprint density at radius 1 is 1.05 bits per heavy atom. The average Bonchev–Trinajstić information content (AvgIpc) is 2.54. The Labute approximate surface area is 130 Å². The lowest BCUT2D eigenvalue weighted by molar-refractivity contribution is 0.778. The van der Waals surface area contributed by atoms with Gasteiger partial charge in [0.2, 0.25) is 0 Å². The summed E-state index contributed by atoms with van der Waals surface area (Å²) < 4.78 is 0. The van der Waals surface area contributed by atoms with Gasteiger partial charge in [-0.3, -0.25) is 15.8 Å². The molecule has 21 heavy (non-hydrogen) atoms. The first kappa shape index (κ1) is 15.0. The summed E-state index contributed by atoms with van der Waals surface area (Å²) in [6, 6.07) is 15.9. The molecular formula is C16H18N4S. The molecular weight excluding hydrogens is 280 g/mol. The summed E-state index contributed by atoms with van der Waals surface area (Å²) in [5, 5.41) is 3.66. The van der Waals surface area contributed by atoms with E-state index in [2.05, 4.69) is 39.9 Å². The molecule has 0 atom stereocenters. The molecule has 0 saturated heterocycles. The molecule has 5 heteroatoms. The van der Waals surface area contributed by atoms with Crippen molar-refractivity contribution in [1.82, 2.24) is 21.2 Å². The second-order valence-corrected chi connectivity index (χ2v) is 4.84. The highest BCUT2D eigenvalue weighted by Gasteiger charge is 2.00. The molecule has 1 aromatic heterocycles. The van der Waals surface area contributed by atoms with Crippen LogP contribution in [0.25, 0.3) is 5.70 Å². The fourth-order valence-corrected chi connectivity index (χ4v) is 1.90. The van der Waals surface area contributed by atoms with E-state index in [0.29, 0.717) is 10.8 Å². The Kier molecular flexibility index (Phi) is 5.72. The van der Waals surface area contributed by atoms with Crippen LogP contribution in [-0.4, -0.2) is 16.6 Å². The topological polar surface area (TPSA) is 49.0 Å². The van der Waals surface area contributed by atoms with Gasteiger partial charge in [0, 0.05) is 12.7 Å². The summed E-state index contributed by atoms with van der Waals surface area (Å²) in [5.74, 6) is 0. The summed E-state index contributed by atoms with van der Waals surface area (Å²) in [6.45, 7) is 4.67. The molecule has 0 fully saturated rings. The predicted octanol–water partition coefficient (Wildman–Crippen LogP) is 2.26. The second-order valence-electron chi connectivity index (χ2n) is 4.44. The third kappa shape index (κ3) is 5.24. The number of hydrogen-bond donors (Lipinski definition) is 3. The zero-order valence-electron chi connectivity index (χ0n) is 11.7. The van der Waals surface area contributed by atoms with Crippen LogP contribution >= 0.6 is 12.2 Å². The van der Waals surface area contributed by atoms with Crippen molar-refractivity contribution in [1.29, 1.82) is 0 Å². The van der Waals surface area contributed by atoms with Gasteiger partial charge in [-0.25, -0.2) is 0 Å². The van der Waals surface area contributed by atoms with Gasteiger partial charge in [-0.05, 0) is 36.3 Å². The molecule has 1 heterocycles. The van der Waals surface area contributed by atoms with Gasteiger partial charge in [-0.2, -0.15) is 0 Å². The smallest absolute Gasteiger partial charge is 0.185 e. The summed E-state index contributed by atoms with van der Waals surface area (Å²) in [7, 11) is 0. The first-order valence-electron chi connectivity index (χ1n) is 6.70. The summed E-state index contributed by atoms with van der Waals surface area (Å²) in [4.78, 5) is 4.19. The first-order valence-corrected chi connectivity index (χ1v) is 7.10. The van der Waals surface area contributed by atoms with Crippen LogP contribution in [0.2, 0.25) is 0 Å². The van der Waals surface area contributed by atoms with Gasteiger partial charge >= 0.3 is 0 Å². The van der Waals surface area contributed by atoms with Crippen molar-refractivity contribution in [2.45, 2.75) is 6.42 Å². The highest BCUT2D eigenvalue weighted by atomic mass is 32.1. The van der Waals surface area contributed by atoms with Crippen LogP contribution in [-0.2, 0) is 6.42 Å². The van der Waals surface area contributed by atoms with Crippen LogP contribution < -0.4 is 16.2 Å². The quantitative estimate of drug-likeness (QED) is 0.564. The molecule has 0 spiro atoms. The zero-order chi connectivity index (χ0) is 14.9. The zero-order valence-corrected chi connectivity index (χ0v) is 12.5. The largest absolute Gasteiger partial charge is 0.361 e. The Morgan fingerprint density at radius 2 is 1.81 bits per heavy atom. The van der Waals surface area contributed by atoms with E-state index < -0.39 is 0 Å². The van der Waals surface area contributed by atoms with Crippen molar-refractivity contribution < 1.29 is 0 Å². The number of pyridine rings is 1. The molecule has 2 aromatic rings. The summed E-state index contributed by atoms with van der Waals surface area (Å²) in [5.41, 5.74) is 8.56. The minimum Gasteiger partial charge on any atom is -0.361 e. The van der Waals surface area contributed by atoms with Crippen molar-refractivity contribution in [3.05, 3.63) is 72.6 Å². The van der Waals surface area contributed by atoms with E-state index in [1.54, 1.807) is 6.20 Å². The van der Waals surface area contributed by atoms with Crippen molar-refractivity contribution >= 4 is 23.0 Å². The Morgan fingerprint density at radius 3 is 2.52 bits per heavy atom. The number of hydrazine groups is 1. The van der Waals surface area contributed by atoms with E-state index in [0.717, 1.165) is 18.7 Å². The number of aromatic nitrogens is 1. The van der Waals surface area contributed by atoms with Crippen molar-refractivity contribution in [3.63, 3.8) is 0 Å². The van der Waals surface area contributed by atoms with Gasteiger partial charge in [0.05, 0.1) is 11.4 Å². The average molecular weight is 298 g/mol. The van der Waals surface area contributed by atoms with Gasteiger partial charge in [0.25, 0.3) is 0 Å². The van der Waals surface area contributed by atoms with Gasteiger partial charge < -0.3 is 5.32 Å². The molecule has 0 radical (unpaired) electrons. The summed E-state index contributed by atoms with van der Waals surface area (Å²) >= 11 is 5.19. The molecule has 2 rings (SSSR count). The lowest BCUT2D eigenvalue weighted by Crippen LogP contribution is -2.43. The maximum Gasteiger partial charge on any atom is 0.185 e. The van der Waals surface area contributed by atoms with Crippen LogP contribution in [0.3, 0.4) is 0 Å². The minimum absolute atomic E-state index is 0.531. The number of benzene rings is 1. The third-order valence-electron chi connectivity index (χ3n) is 2.84. The molecule has 0 unspecified atom stereocenters. The van der Waals surface area contributed by atoms with Crippen LogP contribution in [0.15, 0.2) is 61.3 Å². The number of nitrogens with zero attached hydrogens (tertiary/aromatic N) is 1. The van der Waals surface area contributed by atoms with Gasteiger partial charge in [-0.1, -0.05) is 43.0 Å². The molecule has 4 nitrogen and oxygen atoms in total. The van der Waals surface area contributed by atoms with E-state index in [-0.39, 0.29) is 0 Å². The number of thiocarbonyl (C=S) groups is 1. The summed E-state index contributed by atoms with van der Waals surface area (Å²) in [6.07, 6.45) is 2.64. The van der Waals surface area contributed by atoms with E-state index >= 15 is 0 Å². The highest BCUT2D eigenvalue weighted by molar-refractivity contribution is 7.80. The highest BCUT2D eigenvalue weighted by Crippen LogP contribution is 2.02. The number of nitrogens with one attached hydrogen (secondary N) is 3. The van der Waals surface area contributed by atoms with E-state index in [1.807, 2.05) is 36.4 Å². The fourth-order valence-electron chi connectivity index (χ4n) is 1.75. The van der Waals surface area contributed by atoms with Crippen LogP contribution in [0.5, 0.6) is 0 Å². The lowest BCUT2D eigenvalue weighted by Gasteiger charge is -2.13. The molecule has 3 N–H and O–H groups in total. The first-order chi connectivity index (χ1) is 10.3. The molecule has 0 aliphatic rings. The van der Waals surface area contributed by atoms with Crippen molar-refractivity contribution in [2.24, 2.45) is 0 Å². The lowest BCUT2D eigenvalue weighted by atomic mass is 10.1. The van der Waals surface area contributed by atoms with Crippen LogP contribution in [0.1, 0.15) is 11.3 Å². The molecule has 0 aliphatic carbocycles. The molecule has 0 bridgehead atoms. The van der Waals surface area contributed by atoms with E-state index in [9.17, 15) is 0 Å². The fraction of sp³-hybridized carbons (Fsp3) is 0.125. The molecule has 0 amide bonds. The maximum absolute atomic E-state index is 5.19. The van der Waals surface area contributed by atoms with Gasteiger partial charge in [0.15, 0.2) is 5.11 Å². The third-order valence-corrected chi connectivity index (χ3v) is 3.09. The second kappa shape index (κ2) is 8.01. The predicted molar refractivity (Wildman–Crippen MR) is 90.3 cm³/mol. The SMILES string of the molecule is C=C(NNC(=S)NCCc1ccccc1)c1ccccn1. The van der Waals surface area contributed by atoms with Crippen molar-refractivity contribution in [2.75, 3.05) is 6.54 Å². The molecule has 1 aromatic carbocycles. The Hall–Kier alpha value is -2.40. The monoisotopic (exact) mass is 298 g/mol. The number of rotatable bonds is 6. The Bertz CT molecular complexity index is 584. The molecule has 0 saturated carbocycles. The normalized spacial score (nSPS) is 9.71. The number of hydrogen-bond acceptors (Lipinski definition) is 3. The maximum atomic E-state index is 5.19. The van der Waals surface area contributed by atoms with E-state index in [1.165, 1.54) is 5.56 Å². The van der Waals surface area contributed by atoms with Crippen LogP contribution in [0, 0.1) is 0 Å². The Balaban J connectivity index is 1.67. The van der Waals surface area contributed by atoms with Gasteiger partial charge in [-0.15, -0.1) is 0 Å².